The maximum atomic E-state index is 12.4. The Bertz CT molecular complexity index is 1040. The molecule has 1 amide bonds. The zero-order valence-electron chi connectivity index (χ0n) is 15.2. The number of carbonyl (C=O) groups excluding carboxylic acids is 1. The zero-order valence-corrected chi connectivity index (χ0v) is 16.8. The molecule has 0 saturated carbocycles. The van der Waals surface area contributed by atoms with Crippen molar-refractivity contribution in [2.75, 3.05) is 6.61 Å². The Kier molecular flexibility index (Phi) is 5.31. The molecule has 0 spiro atoms. The van der Waals surface area contributed by atoms with E-state index in [2.05, 4.69) is 38.4 Å². The first-order valence-electron chi connectivity index (χ1n) is 9.00. The van der Waals surface area contributed by atoms with Crippen LogP contribution in [0.1, 0.15) is 28.7 Å². The lowest BCUT2D eigenvalue weighted by molar-refractivity contribution is -0.139. The second kappa shape index (κ2) is 8.05. The van der Waals surface area contributed by atoms with Gasteiger partial charge < -0.3 is 15.2 Å². The average Bonchev–Trinajstić information content (AvgIpc) is 3.05. The number of aliphatic carboxylic acids is 1. The molecule has 0 bridgehead atoms. The smallest absolute Gasteiger partial charge is 0.408 e. The number of carbonyl (C=O) groups is 2. The molecule has 2 N–H and O–H groups in total. The second-order valence-electron chi connectivity index (χ2n) is 6.64. The Hall–Kier alpha value is -3.19. The van der Waals surface area contributed by atoms with Crippen LogP contribution in [-0.4, -0.2) is 28.8 Å². The van der Waals surface area contributed by atoms with Gasteiger partial charge in [0.25, 0.3) is 0 Å². The summed E-state index contributed by atoms with van der Waals surface area (Å²) in [5, 5.41) is 12.0. The molecule has 0 fully saturated rings. The molecule has 2 aromatic carbocycles. The molecule has 0 aliphatic heterocycles. The van der Waals surface area contributed by atoms with Crippen molar-refractivity contribution in [1.29, 1.82) is 0 Å². The molecular weight excluding hydrogens is 436 g/mol. The van der Waals surface area contributed by atoms with Gasteiger partial charge in [-0.05, 0) is 44.3 Å². The van der Waals surface area contributed by atoms with Crippen molar-refractivity contribution in [3.8, 4) is 11.1 Å². The van der Waals surface area contributed by atoms with E-state index in [0.29, 0.717) is 10.0 Å². The van der Waals surface area contributed by atoms with Crippen molar-refractivity contribution >= 4 is 28.0 Å². The molecule has 1 aliphatic rings. The summed E-state index contributed by atoms with van der Waals surface area (Å²) >= 11 is 3.27. The lowest BCUT2D eigenvalue weighted by atomic mass is 9.98. The Balaban J connectivity index is 1.50. The van der Waals surface area contributed by atoms with E-state index in [4.69, 9.17) is 4.74 Å². The van der Waals surface area contributed by atoms with Gasteiger partial charge in [-0.2, -0.15) is 0 Å². The van der Waals surface area contributed by atoms with Crippen molar-refractivity contribution < 1.29 is 19.4 Å². The fraction of sp³-hybridized carbons (Fsp3) is 0.136. The van der Waals surface area contributed by atoms with E-state index in [1.54, 1.807) is 0 Å². The third kappa shape index (κ3) is 3.73. The number of ether oxygens (including phenoxy) is 1. The third-order valence-electron chi connectivity index (χ3n) is 4.97. The third-order valence-corrected chi connectivity index (χ3v) is 5.63. The Morgan fingerprint density at radius 3 is 2.28 bits per heavy atom. The number of carboxylic acid groups (broad SMARTS) is 1. The summed E-state index contributed by atoms with van der Waals surface area (Å²) in [5.74, 6) is -1.28. The first-order chi connectivity index (χ1) is 14.1. The Morgan fingerprint density at radius 1 is 1.07 bits per heavy atom. The van der Waals surface area contributed by atoms with Crippen molar-refractivity contribution in [3.63, 3.8) is 0 Å². The zero-order chi connectivity index (χ0) is 20.4. The first kappa shape index (κ1) is 19.1. The molecule has 29 heavy (non-hydrogen) atoms. The van der Waals surface area contributed by atoms with Crippen molar-refractivity contribution in [2.45, 2.75) is 12.0 Å². The molecule has 1 heterocycles. The minimum Gasteiger partial charge on any atom is -0.479 e. The summed E-state index contributed by atoms with van der Waals surface area (Å²) in [6.07, 6.45) is 2.16. The molecule has 0 radical (unpaired) electrons. The second-order valence-corrected chi connectivity index (χ2v) is 7.49. The number of nitrogens with one attached hydrogen (secondary N) is 1. The normalized spacial score (nSPS) is 13.3. The number of aromatic nitrogens is 1. The van der Waals surface area contributed by atoms with Crippen LogP contribution in [0.4, 0.5) is 4.79 Å². The SMILES string of the molecule is O=C(NC(C(=O)O)c1ccncc1Br)OCC1c2ccccc2-c2ccccc21. The maximum Gasteiger partial charge on any atom is 0.408 e. The molecule has 0 saturated heterocycles. The van der Waals surface area contributed by atoms with E-state index in [-0.39, 0.29) is 12.5 Å². The molecule has 3 aromatic rings. The van der Waals surface area contributed by atoms with Crippen LogP contribution in [0.25, 0.3) is 11.1 Å². The van der Waals surface area contributed by atoms with Gasteiger partial charge in [-0.3, -0.25) is 4.98 Å². The monoisotopic (exact) mass is 452 g/mol. The van der Waals surface area contributed by atoms with Crippen LogP contribution in [0.2, 0.25) is 0 Å². The number of rotatable bonds is 5. The molecule has 1 atom stereocenters. The fourth-order valence-corrected chi connectivity index (χ4v) is 4.13. The van der Waals surface area contributed by atoms with Crippen molar-refractivity contribution in [3.05, 3.63) is 88.2 Å². The number of carboxylic acids is 1. The predicted octanol–water partition coefficient (Wildman–Crippen LogP) is 4.51. The van der Waals surface area contributed by atoms with Gasteiger partial charge in [0.2, 0.25) is 0 Å². The van der Waals surface area contributed by atoms with Gasteiger partial charge in [0.15, 0.2) is 6.04 Å². The number of fused-ring (bicyclic) bond motifs is 3. The number of halogens is 1. The molecule has 7 heteroatoms. The van der Waals surface area contributed by atoms with Gasteiger partial charge in [-0.15, -0.1) is 0 Å². The highest BCUT2D eigenvalue weighted by molar-refractivity contribution is 9.10. The van der Waals surface area contributed by atoms with Gasteiger partial charge >= 0.3 is 12.1 Å². The number of hydrogen-bond acceptors (Lipinski definition) is 4. The van der Waals surface area contributed by atoms with Crippen LogP contribution in [0.15, 0.2) is 71.5 Å². The summed E-state index contributed by atoms with van der Waals surface area (Å²) < 4.78 is 5.93. The number of pyridine rings is 1. The largest absolute Gasteiger partial charge is 0.479 e. The van der Waals surface area contributed by atoms with E-state index < -0.39 is 18.1 Å². The van der Waals surface area contributed by atoms with Crippen LogP contribution in [0.5, 0.6) is 0 Å². The van der Waals surface area contributed by atoms with Gasteiger partial charge in [0.1, 0.15) is 6.61 Å². The summed E-state index contributed by atoms with van der Waals surface area (Å²) in [5.41, 5.74) is 4.82. The first-order valence-corrected chi connectivity index (χ1v) is 9.79. The molecule has 4 rings (SSSR count). The molecular formula is C22H17BrN2O4. The van der Waals surface area contributed by atoms with Crippen molar-refractivity contribution in [2.24, 2.45) is 0 Å². The maximum absolute atomic E-state index is 12.4. The standard InChI is InChI=1S/C22H17BrN2O4/c23-19-11-24-10-9-17(19)20(21(26)27)25-22(28)29-12-18-15-7-3-1-5-13(15)14-6-2-4-8-16(14)18/h1-11,18,20H,12H2,(H,25,28)(H,26,27). The van der Waals surface area contributed by atoms with E-state index in [1.807, 2.05) is 36.4 Å². The van der Waals surface area contributed by atoms with Crippen LogP contribution < -0.4 is 5.32 Å². The number of nitrogens with zero attached hydrogens (tertiary/aromatic N) is 1. The van der Waals surface area contributed by atoms with Crippen LogP contribution in [-0.2, 0) is 9.53 Å². The molecule has 146 valence electrons. The highest BCUT2D eigenvalue weighted by Gasteiger charge is 2.30. The number of alkyl carbamates (subject to hydrolysis) is 1. The molecule has 1 unspecified atom stereocenters. The molecule has 6 nitrogen and oxygen atoms in total. The number of hydrogen-bond donors (Lipinski definition) is 2. The average molecular weight is 453 g/mol. The molecule has 1 aromatic heterocycles. The summed E-state index contributed by atoms with van der Waals surface area (Å²) in [6.45, 7) is 0.115. The van der Waals surface area contributed by atoms with Crippen molar-refractivity contribution in [1.82, 2.24) is 10.3 Å². The van der Waals surface area contributed by atoms with E-state index in [0.717, 1.165) is 22.3 Å². The Labute approximate surface area is 175 Å². The fourth-order valence-electron chi connectivity index (χ4n) is 3.65. The lowest BCUT2D eigenvalue weighted by Crippen LogP contribution is -2.35. The van der Waals surface area contributed by atoms with Gasteiger partial charge in [0.05, 0.1) is 0 Å². The summed E-state index contributed by atoms with van der Waals surface area (Å²) in [6, 6.07) is 16.3. The topological polar surface area (TPSA) is 88.5 Å². The summed E-state index contributed by atoms with van der Waals surface area (Å²) in [7, 11) is 0. The van der Waals surface area contributed by atoms with Crippen LogP contribution in [0.3, 0.4) is 0 Å². The highest BCUT2D eigenvalue weighted by Crippen LogP contribution is 2.44. The van der Waals surface area contributed by atoms with Crippen LogP contribution in [0, 0.1) is 0 Å². The van der Waals surface area contributed by atoms with Gasteiger partial charge in [0, 0.05) is 28.3 Å². The van der Waals surface area contributed by atoms with E-state index >= 15 is 0 Å². The van der Waals surface area contributed by atoms with E-state index in [9.17, 15) is 14.7 Å². The summed E-state index contributed by atoms with van der Waals surface area (Å²) in [4.78, 5) is 28.0. The number of benzene rings is 2. The van der Waals surface area contributed by atoms with E-state index in [1.165, 1.54) is 18.5 Å². The minimum atomic E-state index is -1.25. The minimum absolute atomic E-state index is 0.0934. The quantitative estimate of drug-likeness (QED) is 0.594. The predicted molar refractivity (Wildman–Crippen MR) is 111 cm³/mol. The lowest BCUT2D eigenvalue weighted by Gasteiger charge is -2.18. The molecule has 1 aliphatic carbocycles. The van der Waals surface area contributed by atoms with Gasteiger partial charge in [-0.1, -0.05) is 48.5 Å². The van der Waals surface area contributed by atoms with Gasteiger partial charge in [-0.25, -0.2) is 9.59 Å². The Morgan fingerprint density at radius 2 is 1.69 bits per heavy atom. The highest BCUT2D eigenvalue weighted by atomic mass is 79.9. The van der Waals surface area contributed by atoms with Crippen LogP contribution >= 0.6 is 15.9 Å². The number of amides is 1.